The van der Waals surface area contributed by atoms with E-state index in [0.717, 1.165) is 10.5 Å². The van der Waals surface area contributed by atoms with Crippen molar-refractivity contribution in [1.29, 1.82) is 0 Å². The van der Waals surface area contributed by atoms with Crippen LogP contribution in [0.5, 0.6) is 0 Å². The number of amides is 3. The van der Waals surface area contributed by atoms with Crippen LogP contribution in [0.3, 0.4) is 0 Å². The first-order valence-corrected chi connectivity index (χ1v) is 10.9. The minimum absolute atomic E-state index is 0.0395. The lowest BCUT2D eigenvalue weighted by Crippen LogP contribution is -2.32. The van der Waals surface area contributed by atoms with E-state index in [9.17, 15) is 14.4 Å². The van der Waals surface area contributed by atoms with Crippen molar-refractivity contribution in [2.24, 2.45) is 0 Å². The van der Waals surface area contributed by atoms with Gasteiger partial charge in [0.2, 0.25) is 0 Å². The van der Waals surface area contributed by atoms with E-state index in [2.05, 4.69) is 10.6 Å². The van der Waals surface area contributed by atoms with Gasteiger partial charge in [0.1, 0.15) is 10.7 Å². The lowest BCUT2D eigenvalue weighted by molar-refractivity contribution is -0.120. The van der Waals surface area contributed by atoms with Gasteiger partial charge in [-0.15, -0.1) is 0 Å². The van der Waals surface area contributed by atoms with Gasteiger partial charge in [-0.3, -0.25) is 14.4 Å². The molecule has 4 rings (SSSR count). The van der Waals surface area contributed by atoms with E-state index in [4.69, 9.17) is 23.2 Å². The van der Waals surface area contributed by atoms with Crippen molar-refractivity contribution < 1.29 is 14.4 Å². The molecule has 1 aliphatic rings. The molecule has 8 heteroatoms. The first-order valence-electron chi connectivity index (χ1n) is 10.1. The highest BCUT2D eigenvalue weighted by atomic mass is 35.5. The minimum atomic E-state index is -0.633. The van der Waals surface area contributed by atoms with Crippen molar-refractivity contribution in [3.8, 4) is 0 Å². The van der Waals surface area contributed by atoms with E-state index in [0.29, 0.717) is 34.1 Å². The Bertz CT molecular complexity index is 1270. The van der Waals surface area contributed by atoms with Gasteiger partial charge in [-0.2, -0.15) is 0 Å². The van der Waals surface area contributed by atoms with E-state index in [1.165, 1.54) is 0 Å². The lowest BCUT2D eigenvalue weighted by atomic mass is 10.1. The van der Waals surface area contributed by atoms with Gasteiger partial charge < -0.3 is 10.6 Å². The molecule has 33 heavy (non-hydrogen) atoms. The molecule has 0 aliphatic carbocycles. The van der Waals surface area contributed by atoms with Gasteiger partial charge in [-0.25, -0.2) is 4.90 Å². The molecule has 0 saturated heterocycles. The molecule has 0 atom stereocenters. The maximum Gasteiger partial charge on any atom is 0.283 e. The smallest absolute Gasteiger partial charge is 0.283 e. The Hall–Kier alpha value is -3.61. The molecule has 0 unspecified atom stereocenters. The molecule has 2 N–H and O–H groups in total. The molecule has 0 spiro atoms. The highest BCUT2D eigenvalue weighted by molar-refractivity contribution is 6.53. The van der Waals surface area contributed by atoms with Crippen molar-refractivity contribution in [1.82, 2.24) is 5.32 Å². The number of hydrogen-bond donors (Lipinski definition) is 2. The number of nitrogens with one attached hydrogen (secondary N) is 2. The number of halogens is 2. The Morgan fingerprint density at radius 3 is 2.27 bits per heavy atom. The number of anilines is 2. The summed E-state index contributed by atoms with van der Waals surface area (Å²) in [6, 6.07) is 21.1. The summed E-state index contributed by atoms with van der Waals surface area (Å²) < 4.78 is 0. The number of benzene rings is 3. The van der Waals surface area contributed by atoms with E-state index in [1.54, 1.807) is 49.4 Å². The Balaban J connectivity index is 1.46. The SMILES string of the molecule is Cc1c(Cl)cccc1N1C(=O)C(Cl)=C(Nc2ccc(C(=O)NCc3ccccc3)cc2)C1=O. The predicted octanol–water partition coefficient (Wildman–Crippen LogP) is 5.01. The van der Waals surface area contributed by atoms with Gasteiger partial charge in [-0.1, -0.05) is 59.6 Å². The van der Waals surface area contributed by atoms with Gasteiger partial charge in [0.25, 0.3) is 17.7 Å². The zero-order valence-electron chi connectivity index (χ0n) is 17.6. The average molecular weight is 480 g/mol. The van der Waals surface area contributed by atoms with Crippen molar-refractivity contribution in [3.05, 3.63) is 105 Å². The fourth-order valence-electron chi connectivity index (χ4n) is 3.40. The number of nitrogens with zero attached hydrogens (tertiary/aromatic N) is 1. The molecular formula is C25H19Cl2N3O3. The summed E-state index contributed by atoms with van der Waals surface area (Å²) in [5.74, 6) is -1.44. The zero-order valence-corrected chi connectivity index (χ0v) is 19.1. The number of carbonyl (C=O) groups is 3. The molecule has 1 heterocycles. The van der Waals surface area contributed by atoms with Crippen LogP contribution in [0.1, 0.15) is 21.5 Å². The maximum atomic E-state index is 13.0. The van der Waals surface area contributed by atoms with Gasteiger partial charge in [0, 0.05) is 22.8 Å². The predicted molar refractivity (Wildman–Crippen MR) is 129 cm³/mol. The molecular weight excluding hydrogens is 461 g/mol. The van der Waals surface area contributed by atoms with Gasteiger partial charge >= 0.3 is 0 Å². The van der Waals surface area contributed by atoms with E-state index >= 15 is 0 Å². The minimum Gasteiger partial charge on any atom is -0.350 e. The van der Waals surface area contributed by atoms with E-state index < -0.39 is 11.8 Å². The van der Waals surface area contributed by atoms with Crippen molar-refractivity contribution in [2.75, 3.05) is 10.2 Å². The molecule has 3 aromatic carbocycles. The van der Waals surface area contributed by atoms with Crippen molar-refractivity contribution in [2.45, 2.75) is 13.5 Å². The van der Waals surface area contributed by atoms with Crippen molar-refractivity contribution >= 4 is 52.3 Å². The number of carbonyl (C=O) groups excluding carboxylic acids is 3. The Morgan fingerprint density at radius 2 is 1.58 bits per heavy atom. The third kappa shape index (κ3) is 4.62. The monoisotopic (exact) mass is 479 g/mol. The van der Waals surface area contributed by atoms with Crippen LogP contribution in [0.4, 0.5) is 11.4 Å². The van der Waals surface area contributed by atoms with Crippen LogP contribution >= 0.6 is 23.2 Å². The molecule has 0 radical (unpaired) electrons. The summed E-state index contributed by atoms with van der Waals surface area (Å²) in [4.78, 5) is 39.1. The third-order valence-corrected chi connectivity index (χ3v) is 5.98. The molecule has 3 amide bonds. The molecule has 6 nitrogen and oxygen atoms in total. The van der Waals surface area contributed by atoms with Crippen LogP contribution in [-0.4, -0.2) is 17.7 Å². The molecule has 0 fully saturated rings. The second-order valence-electron chi connectivity index (χ2n) is 7.39. The van der Waals surface area contributed by atoms with E-state index in [-0.39, 0.29) is 16.6 Å². The first-order chi connectivity index (χ1) is 15.9. The first kappa shape index (κ1) is 22.6. The van der Waals surface area contributed by atoms with Gasteiger partial charge in [-0.05, 0) is 54.4 Å². The summed E-state index contributed by atoms with van der Waals surface area (Å²) in [6.45, 7) is 2.14. The third-order valence-electron chi connectivity index (χ3n) is 5.22. The summed E-state index contributed by atoms with van der Waals surface area (Å²) in [5.41, 5.74) is 2.89. The summed E-state index contributed by atoms with van der Waals surface area (Å²) >= 11 is 12.3. The Morgan fingerprint density at radius 1 is 0.879 bits per heavy atom. The molecule has 3 aromatic rings. The average Bonchev–Trinajstić information content (AvgIpc) is 3.03. The van der Waals surface area contributed by atoms with Crippen LogP contribution in [-0.2, 0) is 16.1 Å². The summed E-state index contributed by atoms with van der Waals surface area (Å²) in [6.07, 6.45) is 0. The van der Waals surface area contributed by atoms with Crippen LogP contribution < -0.4 is 15.5 Å². The summed E-state index contributed by atoms with van der Waals surface area (Å²) in [5, 5.41) is 5.97. The largest absolute Gasteiger partial charge is 0.350 e. The molecule has 0 bridgehead atoms. The quantitative estimate of drug-likeness (QED) is 0.486. The lowest BCUT2D eigenvalue weighted by Gasteiger charge is -2.18. The molecule has 0 aromatic heterocycles. The normalized spacial score (nSPS) is 13.5. The number of imide groups is 1. The Labute approximate surface area is 200 Å². The highest BCUT2D eigenvalue weighted by Gasteiger charge is 2.39. The van der Waals surface area contributed by atoms with Crippen LogP contribution in [0.2, 0.25) is 5.02 Å². The molecule has 1 aliphatic heterocycles. The molecule has 166 valence electrons. The maximum absolute atomic E-state index is 13.0. The highest BCUT2D eigenvalue weighted by Crippen LogP contribution is 2.34. The second-order valence-corrected chi connectivity index (χ2v) is 8.17. The fraction of sp³-hybridized carbons (Fsp3) is 0.0800. The number of hydrogen-bond acceptors (Lipinski definition) is 4. The fourth-order valence-corrected chi connectivity index (χ4v) is 3.78. The van der Waals surface area contributed by atoms with Gasteiger partial charge in [0.15, 0.2) is 0 Å². The van der Waals surface area contributed by atoms with Crippen molar-refractivity contribution in [3.63, 3.8) is 0 Å². The Kier molecular flexibility index (Phi) is 6.49. The molecule has 0 saturated carbocycles. The number of rotatable bonds is 6. The van der Waals surface area contributed by atoms with Crippen LogP contribution in [0.25, 0.3) is 0 Å². The van der Waals surface area contributed by atoms with Gasteiger partial charge in [0.05, 0.1) is 5.69 Å². The second kappa shape index (κ2) is 9.48. The van der Waals surface area contributed by atoms with Crippen LogP contribution in [0, 0.1) is 6.92 Å². The standard InChI is InChI=1S/C25H19Cl2N3O3/c1-15-19(26)8-5-9-20(15)30-24(32)21(27)22(25(30)33)29-18-12-10-17(11-13-18)23(31)28-14-16-6-3-2-4-7-16/h2-13,29H,14H2,1H3,(H,28,31). The topological polar surface area (TPSA) is 78.5 Å². The van der Waals surface area contributed by atoms with Crippen LogP contribution in [0.15, 0.2) is 83.5 Å². The zero-order chi connectivity index (χ0) is 23.5. The van der Waals surface area contributed by atoms with E-state index in [1.807, 2.05) is 30.3 Å². The summed E-state index contributed by atoms with van der Waals surface area (Å²) in [7, 11) is 0.